The first kappa shape index (κ1) is 19.5. The highest BCUT2D eigenvalue weighted by Gasteiger charge is 2.31. The zero-order valence-corrected chi connectivity index (χ0v) is 16.7. The highest BCUT2D eigenvalue weighted by Crippen LogP contribution is 2.27. The summed E-state index contributed by atoms with van der Waals surface area (Å²) < 4.78 is 45.2. The van der Waals surface area contributed by atoms with E-state index < -0.39 is 10.0 Å². The maximum Gasteiger partial charge on any atom is 0.255 e. The van der Waals surface area contributed by atoms with E-state index in [0.717, 1.165) is 19.4 Å². The predicted molar refractivity (Wildman–Crippen MR) is 96.7 cm³/mol. The Morgan fingerprint density at radius 2 is 2.11 bits per heavy atom. The Labute approximate surface area is 163 Å². The SMILES string of the molecule is CCn1cc(S(=O)(=O)N2CCC(OCc3noc(C4CCCO4)n3)CC2)cn1. The third-order valence-electron chi connectivity index (χ3n) is 5.11. The van der Waals surface area contributed by atoms with Crippen LogP contribution in [-0.2, 0) is 32.6 Å². The van der Waals surface area contributed by atoms with E-state index >= 15 is 0 Å². The summed E-state index contributed by atoms with van der Waals surface area (Å²) in [5, 5.41) is 8.00. The minimum Gasteiger partial charge on any atom is -0.370 e. The summed E-state index contributed by atoms with van der Waals surface area (Å²) in [5.41, 5.74) is 0. The van der Waals surface area contributed by atoms with Crippen molar-refractivity contribution in [2.75, 3.05) is 19.7 Å². The third-order valence-corrected chi connectivity index (χ3v) is 6.96. The van der Waals surface area contributed by atoms with Crippen LogP contribution in [0.25, 0.3) is 0 Å². The Bertz CT molecular complexity index is 881. The summed E-state index contributed by atoms with van der Waals surface area (Å²) in [7, 11) is -3.51. The Kier molecular flexibility index (Phi) is 5.76. The standard InChI is InChI=1S/C17H25N5O5S/c1-2-21-11-14(10-18-21)28(23,24)22-7-5-13(6-8-22)26-12-16-19-17(27-20-16)15-4-3-9-25-15/h10-11,13,15H,2-9,12H2,1H3. The molecule has 0 aromatic carbocycles. The van der Waals surface area contributed by atoms with Gasteiger partial charge in [0.1, 0.15) is 17.6 Å². The van der Waals surface area contributed by atoms with Crippen LogP contribution in [0.15, 0.2) is 21.8 Å². The van der Waals surface area contributed by atoms with Crippen molar-refractivity contribution in [3.05, 3.63) is 24.1 Å². The van der Waals surface area contributed by atoms with Crippen molar-refractivity contribution in [3.8, 4) is 0 Å². The van der Waals surface area contributed by atoms with Gasteiger partial charge < -0.3 is 14.0 Å². The van der Waals surface area contributed by atoms with Crippen molar-refractivity contribution >= 4 is 10.0 Å². The average Bonchev–Trinajstić information content (AvgIpc) is 3.48. The first-order chi connectivity index (χ1) is 13.6. The molecule has 2 aromatic rings. The minimum absolute atomic E-state index is 0.0329. The van der Waals surface area contributed by atoms with Crippen LogP contribution in [0, 0.1) is 0 Å². The van der Waals surface area contributed by atoms with Gasteiger partial charge >= 0.3 is 0 Å². The first-order valence-corrected chi connectivity index (χ1v) is 11.1. The lowest BCUT2D eigenvalue weighted by Crippen LogP contribution is -2.40. The summed E-state index contributed by atoms with van der Waals surface area (Å²) in [4.78, 5) is 4.58. The lowest BCUT2D eigenvalue weighted by molar-refractivity contribution is 0.00637. The number of ether oxygens (including phenoxy) is 2. The van der Waals surface area contributed by atoms with E-state index in [1.165, 1.54) is 10.5 Å². The van der Waals surface area contributed by atoms with E-state index in [1.54, 1.807) is 10.9 Å². The second-order valence-corrected chi connectivity index (χ2v) is 8.93. The molecule has 0 saturated carbocycles. The Morgan fingerprint density at radius 1 is 1.29 bits per heavy atom. The maximum absolute atomic E-state index is 12.7. The van der Waals surface area contributed by atoms with Gasteiger partial charge in [-0.2, -0.15) is 14.4 Å². The van der Waals surface area contributed by atoms with Gasteiger partial charge in [-0.1, -0.05) is 5.16 Å². The van der Waals surface area contributed by atoms with E-state index in [1.807, 2.05) is 6.92 Å². The van der Waals surface area contributed by atoms with Crippen LogP contribution in [0.4, 0.5) is 0 Å². The van der Waals surface area contributed by atoms with Crippen LogP contribution in [0.1, 0.15) is 50.4 Å². The predicted octanol–water partition coefficient (Wildman–Crippen LogP) is 1.51. The number of rotatable bonds is 7. The molecular formula is C17H25N5O5S. The van der Waals surface area contributed by atoms with E-state index in [4.69, 9.17) is 14.0 Å². The molecule has 0 N–H and O–H groups in total. The summed E-state index contributed by atoms with van der Waals surface area (Å²) in [6.07, 6.45) is 5.98. The van der Waals surface area contributed by atoms with Crippen LogP contribution >= 0.6 is 0 Å². The second-order valence-electron chi connectivity index (χ2n) is 7.00. The number of hydrogen-bond donors (Lipinski definition) is 0. The number of aryl methyl sites for hydroxylation is 1. The molecule has 4 heterocycles. The Balaban J connectivity index is 1.27. The quantitative estimate of drug-likeness (QED) is 0.674. The van der Waals surface area contributed by atoms with Gasteiger partial charge in [0.2, 0.25) is 10.0 Å². The van der Waals surface area contributed by atoms with Crippen molar-refractivity contribution in [1.29, 1.82) is 0 Å². The molecule has 4 rings (SSSR count). The van der Waals surface area contributed by atoms with Gasteiger partial charge in [0.15, 0.2) is 5.82 Å². The summed E-state index contributed by atoms with van der Waals surface area (Å²) in [6.45, 7) is 4.35. The molecule has 1 unspecified atom stereocenters. The second kappa shape index (κ2) is 8.27. The van der Waals surface area contributed by atoms with Crippen LogP contribution < -0.4 is 0 Å². The zero-order chi connectivity index (χ0) is 19.6. The molecule has 0 amide bonds. The van der Waals surface area contributed by atoms with Crippen LogP contribution in [-0.4, -0.2) is 58.4 Å². The van der Waals surface area contributed by atoms with E-state index in [0.29, 0.717) is 44.2 Å². The van der Waals surface area contributed by atoms with Crippen molar-refractivity contribution in [3.63, 3.8) is 0 Å². The van der Waals surface area contributed by atoms with E-state index in [2.05, 4.69) is 15.2 Å². The monoisotopic (exact) mass is 411 g/mol. The van der Waals surface area contributed by atoms with E-state index in [9.17, 15) is 8.42 Å². The molecule has 2 aliphatic heterocycles. The molecule has 2 fully saturated rings. The molecule has 1 atom stereocenters. The number of aromatic nitrogens is 4. The van der Waals surface area contributed by atoms with Gasteiger partial charge in [0.25, 0.3) is 5.89 Å². The molecule has 2 aliphatic rings. The normalized spacial score (nSPS) is 22.1. The molecule has 0 spiro atoms. The van der Waals surface area contributed by atoms with Gasteiger partial charge in [0.05, 0.1) is 12.3 Å². The average molecular weight is 411 g/mol. The summed E-state index contributed by atoms with van der Waals surface area (Å²) >= 11 is 0. The number of nitrogens with zero attached hydrogens (tertiary/aromatic N) is 5. The van der Waals surface area contributed by atoms with Crippen LogP contribution in [0.2, 0.25) is 0 Å². The molecule has 0 bridgehead atoms. The van der Waals surface area contributed by atoms with Crippen LogP contribution in [0.5, 0.6) is 0 Å². The largest absolute Gasteiger partial charge is 0.370 e. The first-order valence-electron chi connectivity index (χ1n) is 9.64. The van der Waals surface area contributed by atoms with Gasteiger partial charge in [-0.3, -0.25) is 4.68 Å². The van der Waals surface area contributed by atoms with Crippen molar-refractivity contribution < 1.29 is 22.4 Å². The number of piperidine rings is 1. The fourth-order valence-corrected chi connectivity index (χ4v) is 4.89. The van der Waals surface area contributed by atoms with Gasteiger partial charge in [-0.25, -0.2) is 8.42 Å². The van der Waals surface area contributed by atoms with Crippen molar-refractivity contribution in [2.24, 2.45) is 0 Å². The number of hydrogen-bond acceptors (Lipinski definition) is 8. The Morgan fingerprint density at radius 3 is 2.79 bits per heavy atom. The molecule has 10 nitrogen and oxygen atoms in total. The van der Waals surface area contributed by atoms with Crippen molar-refractivity contribution in [2.45, 2.75) is 62.9 Å². The van der Waals surface area contributed by atoms with E-state index in [-0.39, 0.29) is 23.7 Å². The van der Waals surface area contributed by atoms with Crippen LogP contribution in [0.3, 0.4) is 0 Å². The fourth-order valence-electron chi connectivity index (χ4n) is 3.46. The molecule has 11 heteroatoms. The lowest BCUT2D eigenvalue weighted by Gasteiger charge is -2.30. The van der Waals surface area contributed by atoms with Crippen molar-refractivity contribution in [1.82, 2.24) is 24.2 Å². The third kappa shape index (κ3) is 4.12. The summed E-state index contributed by atoms with van der Waals surface area (Å²) in [6, 6.07) is 0. The highest BCUT2D eigenvalue weighted by atomic mass is 32.2. The summed E-state index contributed by atoms with van der Waals surface area (Å²) in [5.74, 6) is 0.997. The number of sulfonamides is 1. The molecule has 2 saturated heterocycles. The van der Waals surface area contributed by atoms with Gasteiger partial charge in [-0.15, -0.1) is 0 Å². The molecule has 154 valence electrons. The molecule has 0 aliphatic carbocycles. The highest BCUT2D eigenvalue weighted by molar-refractivity contribution is 7.89. The fraction of sp³-hybridized carbons (Fsp3) is 0.706. The molecular weight excluding hydrogens is 386 g/mol. The van der Waals surface area contributed by atoms with Gasteiger partial charge in [0, 0.05) is 32.4 Å². The zero-order valence-electron chi connectivity index (χ0n) is 15.9. The molecule has 2 aromatic heterocycles. The maximum atomic E-state index is 12.7. The Hall–Kier alpha value is -1.82. The molecule has 0 radical (unpaired) electrons. The smallest absolute Gasteiger partial charge is 0.255 e. The molecule has 28 heavy (non-hydrogen) atoms. The minimum atomic E-state index is -3.51. The van der Waals surface area contributed by atoms with Gasteiger partial charge in [-0.05, 0) is 32.6 Å². The topological polar surface area (TPSA) is 113 Å². The lowest BCUT2D eigenvalue weighted by atomic mass is 10.1.